The topological polar surface area (TPSA) is 41.6 Å². The van der Waals surface area contributed by atoms with Gasteiger partial charge >= 0.3 is 0 Å². The highest BCUT2D eigenvalue weighted by atomic mass is 16.5. The van der Waals surface area contributed by atoms with Crippen molar-refractivity contribution in [2.75, 3.05) is 26.2 Å². The molecule has 0 aromatic carbocycles. The Kier molecular flexibility index (Phi) is 2.51. The molecule has 0 aromatic heterocycles. The van der Waals surface area contributed by atoms with Gasteiger partial charge in [0.1, 0.15) is 6.10 Å². The number of hydrogen-bond acceptors (Lipinski definition) is 3. The Hall–Kier alpha value is -0.610. The molecule has 2 saturated heterocycles. The van der Waals surface area contributed by atoms with Gasteiger partial charge in [-0.15, -0.1) is 0 Å². The quantitative estimate of drug-likeness (QED) is 0.602. The molecule has 2 fully saturated rings. The molecule has 2 heterocycles. The fraction of sp³-hybridized carbons (Fsp3) is 0.889. The van der Waals surface area contributed by atoms with Crippen LogP contribution in [-0.4, -0.2) is 49.2 Å². The third kappa shape index (κ3) is 1.84. The van der Waals surface area contributed by atoms with E-state index in [-0.39, 0.29) is 18.1 Å². The summed E-state index contributed by atoms with van der Waals surface area (Å²) in [5.74, 6) is 0.158. The smallest absolute Gasteiger partial charge is 0.253 e. The van der Waals surface area contributed by atoms with Crippen LogP contribution < -0.4 is 5.32 Å². The Balaban J connectivity index is 1.87. The van der Waals surface area contributed by atoms with Gasteiger partial charge in [0, 0.05) is 26.2 Å². The molecule has 0 bridgehead atoms. The predicted octanol–water partition coefficient (Wildman–Crippen LogP) is -0.404. The molecule has 4 nitrogen and oxygen atoms in total. The van der Waals surface area contributed by atoms with Crippen molar-refractivity contribution in [3.63, 3.8) is 0 Å². The number of hydrogen-bond donors (Lipinski definition) is 1. The minimum absolute atomic E-state index is 0.156. The maximum atomic E-state index is 11.7. The van der Waals surface area contributed by atoms with E-state index < -0.39 is 0 Å². The Labute approximate surface area is 78.2 Å². The highest BCUT2D eigenvalue weighted by Gasteiger charge is 2.31. The highest BCUT2D eigenvalue weighted by Crippen LogP contribution is 2.12. The van der Waals surface area contributed by atoms with E-state index in [9.17, 15) is 4.79 Å². The third-order valence-corrected chi connectivity index (χ3v) is 2.60. The zero-order valence-corrected chi connectivity index (χ0v) is 7.95. The van der Waals surface area contributed by atoms with E-state index in [1.165, 1.54) is 0 Å². The van der Waals surface area contributed by atoms with Crippen LogP contribution in [0.4, 0.5) is 0 Å². The largest absolute Gasteiger partial charge is 0.363 e. The second kappa shape index (κ2) is 3.64. The summed E-state index contributed by atoms with van der Waals surface area (Å²) >= 11 is 0. The minimum atomic E-state index is -0.246. The van der Waals surface area contributed by atoms with Crippen molar-refractivity contribution in [1.29, 1.82) is 0 Å². The van der Waals surface area contributed by atoms with Gasteiger partial charge < -0.3 is 15.0 Å². The van der Waals surface area contributed by atoms with E-state index in [1.54, 1.807) is 0 Å². The Bertz CT molecular complexity index is 204. The average Bonchev–Trinajstić information content (AvgIpc) is 2.01. The lowest BCUT2D eigenvalue weighted by molar-refractivity contribution is -0.153. The molecule has 0 radical (unpaired) electrons. The maximum Gasteiger partial charge on any atom is 0.253 e. The van der Waals surface area contributed by atoms with E-state index >= 15 is 0 Å². The molecule has 0 unspecified atom stereocenters. The number of ether oxygens (including phenoxy) is 1. The lowest BCUT2D eigenvalue weighted by Gasteiger charge is -2.36. The van der Waals surface area contributed by atoms with Crippen LogP contribution in [0.2, 0.25) is 0 Å². The van der Waals surface area contributed by atoms with Crippen LogP contribution in [0.1, 0.15) is 13.3 Å². The Morgan fingerprint density at radius 2 is 2.23 bits per heavy atom. The SMILES string of the molecule is C[C@@H]1CNC[C@H](C(=O)N2CCC2)O1. The molecule has 1 amide bonds. The monoisotopic (exact) mass is 184 g/mol. The molecular formula is C9H16N2O2. The first kappa shape index (κ1) is 8.97. The molecule has 2 rings (SSSR count). The molecule has 2 aliphatic heterocycles. The zero-order valence-electron chi connectivity index (χ0n) is 7.95. The van der Waals surface area contributed by atoms with Gasteiger partial charge in [-0.3, -0.25) is 4.79 Å². The number of amides is 1. The van der Waals surface area contributed by atoms with Gasteiger partial charge in [0.25, 0.3) is 5.91 Å². The molecule has 74 valence electrons. The standard InChI is InChI=1S/C9H16N2O2/c1-7-5-10-6-8(13-7)9(12)11-3-2-4-11/h7-8,10H,2-6H2,1H3/t7-,8-/m1/s1. The number of nitrogens with one attached hydrogen (secondary N) is 1. The summed E-state index contributed by atoms with van der Waals surface area (Å²) in [6.07, 6.45) is 1.05. The van der Waals surface area contributed by atoms with Gasteiger partial charge in [-0.1, -0.05) is 0 Å². The van der Waals surface area contributed by atoms with Gasteiger partial charge in [0.05, 0.1) is 6.10 Å². The summed E-state index contributed by atoms with van der Waals surface area (Å²) in [6.45, 7) is 5.33. The summed E-state index contributed by atoms with van der Waals surface area (Å²) in [5, 5.41) is 3.20. The number of carbonyl (C=O) groups excluding carboxylic acids is 1. The van der Waals surface area contributed by atoms with Crippen molar-refractivity contribution in [1.82, 2.24) is 10.2 Å². The van der Waals surface area contributed by atoms with Crippen LogP contribution in [0.25, 0.3) is 0 Å². The van der Waals surface area contributed by atoms with Crippen LogP contribution in [0.15, 0.2) is 0 Å². The number of rotatable bonds is 1. The van der Waals surface area contributed by atoms with Crippen LogP contribution >= 0.6 is 0 Å². The van der Waals surface area contributed by atoms with Crippen molar-refractivity contribution < 1.29 is 9.53 Å². The van der Waals surface area contributed by atoms with Gasteiger partial charge in [0.2, 0.25) is 0 Å². The van der Waals surface area contributed by atoms with Gasteiger partial charge in [0.15, 0.2) is 0 Å². The molecule has 0 aromatic rings. The molecule has 2 aliphatic rings. The second-order valence-corrected chi connectivity index (χ2v) is 3.77. The first-order valence-electron chi connectivity index (χ1n) is 4.92. The first-order chi connectivity index (χ1) is 6.27. The zero-order chi connectivity index (χ0) is 9.26. The minimum Gasteiger partial charge on any atom is -0.363 e. The molecule has 2 atom stereocenters. The van der Waals surface area contributed by atoms with Crippen molar-refractivity contribution in [3.05, 3.63) is 0 Å². The molecule has 0 aliphatic carbocycles. The van der Waals surface area contributed by atoms with Crippen molar-refractivity contribution in [2.24, 2.45) is 0 Å². The summed E-state index contributed by atoms with van der Waals surface area (Å²) < 4.78 is 5.55. The lowest BCUT2D eigenvalue weighted by Crippen LogP contribution is -2.55. The summed E-state index contributed by atoms with van der Waals surface area (Å²) in [7, 11) is 0. The molecule has 0 saturated carbocycles. The third-order valence-electron chi connectivity index (χ3n) is 2.60. The molecule has 0 spiro atoms. The van der Waals surface area contributed by atoms with Crippen LogP contribution in [0, 0.1) is 0 Å². The molecular weight excluding hydrogens is 168 g/mol. The average molecular weight is 184 g/mol. The van der Waals surface area contributed by atoms with Crippen LogP contribution in [0.5, 0.6) is 0 Å². The predicted molar refractivity (Wildman–Crippen MR) is 48.4 cm³/mol. The molecule has 13 heavy (non-hydrogen) atoms. The number of carbonyl (C=O) groups is 1. The summed E-state index contributed by atoms with van der Waals surface area (Å²) in [4.78, 5) is 13.6. The van der Waals surface area contributed by atoms with E-state index in [2.05, 4.69) is 5.32 Å². The molecule has 4 heteroatoms. The van der Waals surface area contributed by atoms with Gasteiger partial charge in [-0.05, 0) is 13.3 Å². The Morgan fingerprint density at radius 3 is 2.77 bits per heavy atom. The van der Waals surface area contributed by atoms with Gasteiger partial charge in [-0.2, -0.15) is 0 Å². The van der Waals surface area contributed by atoms with Crippen molar-refractivity contribution in [2.45, 2.75) is 25.6 Å². The maximum absolute atomic E-state index is 11.7. The number of likely N-dealkylation sites (tertiary alicyclic amines) is 1. The van der Waals surface area contributed by atoms with E-state index in [0.717, 1.165) is 26.1 Å². The summed E-state index contributed by atoms with van der Waals surface area (Å²) in [6, 6.07) is 0. The Morgan fingerprint density at radius 1 is 1.46 bits per heavy atom. The van der Waals surface area contributed by atoms with E-state index in [4.69, 9.17) is 4.74 Å². The lowest BCUT2D eigenvalue weighted by atomic mass is 10.1. The highest BCUT2D eigenvalue weighted by molar-refractivity contribution is 5.82. The first-order valence-corrected chi connectivity index (χ1v) is 4.92. The van der Waals surface area contributed by atoms with E-state index in [1.807, 2.05) is 11.8 Å². The van der Waals surface area contributed by atoms with Crippen LogP contribution in [-0.2, 0) is 9.53 Å². The fourth-order valence-electron chi connectivity index (χ4n) is 1.68. The normalized spacial score (nSPS) is 34.1. The second-order valence-electron chi connectivity index (χ2n) is 3.77. The van der Waals surface area contributed by atoms with E-state index in [0.29, 0.717) is 6.54 Å². The van der Waals surface area contributed by atoms with Crippen molar-refractivity contribution >= 4 is 5.91 Å². The van der Waals surface area contributed by atoms with Gasteiger partial charge in [-0.25, -0.2) is 0 Å². The van der Waals surface area contributed by atoms with Crippen LogP contribution in [0.3, 0.4) is 0 Å². The number of morpholine rings is 1. The summed E-state index contributed by atoms with van der Waals surface area (Å²) in [5.41, 5.74) is 0. The molecule has 1 N–H and O–H groups in total. The van der Waals surface area contributed by atoms with Crippen molar-refractivity contribution in [3.8, 4) is 0 Å². The number of nitrogens with zero attached hydrogens (tertiary/aromatic N) is 1. The fourth-order valence-corrected chi connectivity index (χ4v) is 1.68.